The van der Waals surface area contributed by atoms with Crippen molar-refractivity contribution in [1.29, 1.82) is 5.26 Å². The smallest absolute Gasteiger partial charge is 0.142 e. The minimum Gasteiger partial charge on any atom is -0.378 e. The maximum Gasteiger partial charge on any atom is 0.142 e. The zero-order valence-electron chi connectivity index (χ0n) is 8.60. The number of ether oxygens (including phenoxy) is 1. The van der Waals surface area contributed by atoms with Crippen LogP contribution in [-0.2, 0) is 11.2 Å². The lowest BCUT2D eigenvalue weighted by molar-refractivity contribution is -0.0500. The summed E-state index contributed by atoms with van der Waals surface area (Å²) in [6.45, 7) is 0.852. The highest BCUT2D eigenvalue weighted by Crippen LogP contribution is 2.17. The van der Waals surface area contributed by atoms with Gasteiger partial charge in [-0.25, -0.2) is 9.97 Å². The summed E-state index contributed by atoms with van der Waals surface area (Å²) in [7, 11) is 0. The number of pyridine rings is 1. The van der Waals surface area contributed by atoms with Gasteiger partial charge in [-0.05, 0) is 6.42 Å². The molecular formula is C11H10N4O. The Kier molecular flexibility index (Phi) is 2.08. The molecule has 2 aromatic heterocycles. The maximum absolute atomic E-state index is 8.73. The summed E-state index contributed by atoms with van der Waals surface area (Å²) in [5.41, 5.74) is 2.06. The molecule has 3 rings (SSSR count). The van der Waals surface area contributed by atoms with Crippen molar-refractivity contribution in [3.8, 4) is 6.07 Å². The predicted octanol–water partition coefficient (Wildman–Crippen LogP) is 1.16. The van der Waals surface area contributed by atoms with Gasteiger partial charge in [0.1, 0.15) is 17.6 Å². The number of nitrogens with zero attached hydrogens (tertiary/aromatic N) is 3. The third-order valence-corrected chi connectivity index (χ3v) is 2.75. The molecule has 0 spiro atoms. The number of nitriles is 1. The molecule has 1 unspecified atom stereocenters. The van der Waals surface area contributed by atoms with Crippen molar-refractivity contribution in [2.24, 2.45) is 0 Å². The summed E-state index contributed by atoms with van der Waals surface area (Å²) in [5.74, 6) is 0.900. The van der Waals surface area contributed by atoms with Crippen LogP contribution in [0.4, 0.5) is 0 Å². The summed E-state index contributed by atoms with van der Waals surface area (Å²) in [4.78, 5) is 11.6. The summed E-state index contributed by atoms with van der Waals surface area (Å²) in [6.07, 6.45) is 3.84. The molecule has 1 saturated heterocycles. The van der Waals surface area contributed by atoms with Crippen LogP contribution in [0, 0.1) is 11.3 Å². The predicted molar refractivity (Wildman–Crippen MR) is 56.7 cm³/mol. The van der Waals surface area contributed by atoms with Gasteiger partial charge in [-0.15, -0.1) is 0 Å². The van der Waals surface area contributed by atoms with E-state index in [0.29, 0.717) is 11.8 Å². The van der Waals surface area contributed by atoms with E-state index in [1.807, 2.05) is 6.07 Å². The Labute approximate surface area is 92.1 Å². The van der Waals surface area contributed by atoms with Crippen LogP contribution in [0.15, 0.2) is 12.3 Å². The first-order valence-corrected chi connectivity index (χ1v) is 5.21. The standard InChI is InChI=1S/C11H10N4O/c12-5-7-3-9-10(6-13-7)15-11(14-9)4-8-1-2-16-8/h3,6,8H,1-2,4H2,(H,14,15). The van der Waals surface area contributed by atoms with E-state index < -0.39 is 0 Å². The van der Waals surface area contributed by atoms with Crippen LogP contribution in [0.25, 0.3) is 11.0 Å². The van der Waals surface area contributed by atoms with Crippen LogP contribution >= 0.6 is 0 Å². The van der Waals surface area contributed by atoms with Gasteiger partial charge in [0.2, 0.25) is 0 Å². The average molecular weight is 214 g/mol. The molecule has 16 heavy (non-hydrogen) atoms. The zero-order valence-corrected chi connectivity index (χ0v) is 8.60. The van der Waals surface area contributed by atoms with Gasteiger partial charge in [-0.1, -0.05) is 0 Å². The third-order valence-electron chi connectivity index (χ3n) is 2.75. The molecule has 1 N–H and O–H groups in total. The van der Waals surface area contributed by atoms with Crippen molar-refractivity contribution in [2.75, 3.05) is 6.61 Å². The number of hydrogen-bond acceptors (Lipinski definition) is 4. The van der Waals surface area contributed by atoms with Crippen molar-refractivity contribution in [2.45, 2.75) is 18.9 Å². The Balaban J connectivity index is 1.92. The first-order chi connectivity index (χ1) is 7.85. The number of aromatic nitrogens is 3. The molecule has 3 heterocycles. The third kappa shape index (κ3) is 1.53. The van der Waals surface area contributed by atoms with E-state index in [0.717, 1.165) is 36.3 Å². The SMILES string of the molecule is N#Cc1cc2nc(CC3CCO3)[nH]c2cn1. The minimum absolute atomic E-state index is 0.295. The van der Waals surface area contributed by atoms with Crippen molar-refractivity contribution in [3.05, 3.63) is 23.8 Å². The number of nitrogens with one attached hydrogen (secondary N) is 1. The monoisotopic (exact) mass is 214 g/mol. The van der Waals surface area contributed by atoms with Crippen LogP contribution in [0.3, 0.4) is 0 Å². The zero-order chi connectivity index (χ0) is 11.0. The number of imidazole rings is 1. The van der Waals surface area contributed by atoms with E-state index in [1.165, 1.54) is 0 Å². The largest absolute Gasteiger partial charge is 0.378 e. The first-order valence-electron chi connectivity index (χ1n) is 5.21. The Morgan fingerprint density at radius 1 is 1.62 bits per heavy atom. The van der Waals surface area contributed by atoms with E-state index in [2.05, 4.69) is 15.0 Å². The molecule has 0 bridgehead atoms. The average Bonchev–Trinajstić information content (AvgIpc) is 2.64. The van der Waals surface area contributed by atoms with Crippen molar-refractivity contribution >= 4 is 11.0 Å². The molecule has 2 aromatic rings. The number of aromatic amines is 1. The van der Waals surface area contributed by atoms with E-state index in [4.69, 9.17) is 10.00 Å². The van der Waals surface area contributed by atoms with Gasteiger partial charge < -0.3 is 9.72 Å². The first kappa shape index (κ1) is 9.31. The highest BCUT2D eigenvalue weighted by Gasteiger charge is 2.20. The molecule has 80 valence electrons. The number of rotatable bonds is 2. The topological polar surface area (TPSA) is 74.6 Å². The Hall–Kier alpha value is -1.93. The molecule has 0 radical (unpaired) electrons. The second-order valence-electron chi connectivity index (χ2n) is 3.87. The van der Waals surface area contributed by atoms with Gasteiger partial charge in [0.25, 0.3) is 0 Å². The molecule has 1 atom stereocenters. The second-order valence-corrected chi connectivity index (χ2v) is 3.87. The van der Waals surface area contributed by atoms with Gasteiger partial charge in [0, 0.05) is 19.1 Å². The van der Waals surface area contributed by atoms with Crippen LogP contribution in [0.1, 0.15) is 17.9 Å². The fourth-order valence-electron chi connectivity index (χ4n) is 1.78. The number of hydrogen-bond donors (Lipinski definition) is 1. The maximum atomic E-state index is 8.73. The summed E-state index contributed by atoms with van der Waals surface area (Å²) < 4.78 is 5.35. The quantitative estimate of drug-likeness (QED) is 0.814. The number of H-pyrrole nitrogens is 1. The Morgan fingerprint density at radius 3 is 3.19 bits per heavy atom. The molecule has 5 heteroatoms. The molecule has 0 aliphatic carbocycles. The Morgan fingerprint density at radius 2 is 2.50 bits per heavy atom. The van der Waals surface area contributed by atoms with E-state index >= 15 is 0 Å². The molecule has 5 nitrogen and oxygen atoms in total. The molecule has 1 aliphatic heterocycles. The lowest BCUT2D eigenvalue weighted by atomic mass is 10.1. The van der Waals surface area contributed by atoms with Crippen LogP contribution in [0.2, 0.25) is 0 Å². The van der Waals surface area contributed by atoms with Crippen LogP contribution in [-0.4, -0.2) is 27.7 Å². The van der Waals surface area contributed by atoms with Crippen molar-refractivity contribution in [1.82, 2.24) is 15.0 Å². The molecular weight excluding hydrogens is 204 g/mol. The van der Waals surface area contributed by atoms with Gasteiger partial charge in [0.05, 0.1) is 23.3 Å². The van der Waals surface area contributed by atoms with Crippen LogP contribution < -0.4 is 0 Å². The lowest BCUT2D eigenvalue weighted by Crippen LogP contribution is -2.29. The van der Waals surface area contributed by atoms with E-state index in [-0.39, 0.29) is 0 Å². The fraction of sp³-hybridized carbons (Fsp3) is 0.364. The van der Waals surface area contributed by atoms with Gasteiger partial charge in [0.15, 0.2) is 0 Å². The Bertz CT molecular complexity index is 565. The summed E-state index contributed by atoms with van der Waals surface area (Å²) in [6, 6.07) is 3.69. The van der Waals surface area contributed by atoms with Crippen LogP contribution in [0.5, 0.6) is 0 Å². The molecule has 1 fully saturated rings. The van der Waals surface area contributed by atoms with E-state index in [9.17, 15) is 0 Å². The van der Waals surface area contributed by atoms with Gasteiger partial charge in [-0.2, -0.15) is 5.26 Å². The molecule has 1 aliphatic rings. The molecule has 0 saturated carbocycles. The summed E-state index contributed by atoms with van der Waals surface area (Å²) >= 11 is 0. The fourth-order valence-corrected chi connectivity index (χ4v) is 1.78. The minimum atomic E-state index is 0.295. The summed E-state index contributed by atoms with van der Waals surface area (Å²) in [5, 5.41) is 8.73. The van der Waals surface area contributed by atoms with Crippen molar-refractivity contribution < 1.29 is 4.74 Å². The number of fused-ring (bicyclic) bond motifs is 1. The lowest BCUT2D eigenvalue weighted by Gasteiger charge is -2.25. The van der Waals surface area contributed by atoms with E-state index in [1.54, 1.807) is 12.3 Å². The normalized spacial score (nSPS) is 19.3. The highest BCUT2D eigenvalue weighted by molar-refractivity contribution is 5.74. The van der Waals surface area contributed by atoms with Gasteiger partial charge >= 0.3 is 0 Å². The second kappa shape index (κ2) is 3.58. The molecule has 0 aromatic carbocycles. The molecule has 0 amide bonds. The van der Waals surface area contributed by atoms with Crippen molar-refractivity contribution in [3.63, 3.8) is 0 Å². The highest BCUT2D eigenvalue weighted by atomic mass is 16.5. The van der Waals surface area contributed by atoms with Gasteiger partial charge in [-0.3, -0.25) is 0 Å².